The first kappa shape index (κ1) is 15.3. The van der Waals surface area contributed by atoms with E-state index in [0.29, 0.717) is 5.02 Å². The van der Waals surface area contributed by atoms with Gasteiger partial charge in [-0.1, -0.05) is 11.6 Å². The number of phenols is 1. The molecule has 0 bridgehead atoms. The van der Waals surface area contributed by atoms with Crippen LogP contribution in [0.25, 0.3) is 0 Å². The molecular weight excluding hydrogens is 268 g/mol. The van der Waals surface area contributed by atoms with Gasteiger partial charge in [0.05, 0.1) is 12.1 Å². The fraction of sp³-hybridized carbons (Fsp3) is 0.385. The van der Waals surface area contributed by atoms with Gasteiger partial charge in [0.25, 0.3) is 5.91 Å². The van der Waals surface area contributed by atoms with Gasteiger partial charge in [0.2, 0.25) is 5.91 Å². The molecule has 5 nitrogen and oxygen atoms in total. The number of carbonyl (C=O) groups excluding carboxylic acids is 2. The van der Waals surface area contributed by atoms with E-state index in [1.54, 1.807) is 0 Å². The summed E-state index contributed by atoms with van der Waals surface area (Å²) in [6.45, 7) is 5.36. The third-order valence-electron chi connectivity index (χ3n) is 2.13. The van der Waals surface area contributed by atoms with Gasteiger partial charge in [0, 0.05) is 10.6 Å². The van der Waals surface area contributed by atoms with Crippen LogP contribution >= 0.6 is 11.6 Å². The first-order valence-electron chi connectivity index (χ1n) is 5.77. The first-order valence-corrected chi connectivity index (χ1v) is 6.14. The van der Waals surface area contributed by atoms with E-state index in [1.807, 2.05) is 20.8 Å². The Morgan fingerprint density at radius 1 is 1.32 bits per heavy atom. The Bertz CT molecular complexity index is 495. The molecule has 0 heterocycles. The summed E-state index contributed by atoms with van der Waals surface area (Å²) in [5, 5.41) is 15.0. The summed E-state index contributed by atoms with van der Waals surface area (Å²) in [5.74, 6) is -1.04. The number of halogens is 1. The summed E-state index contributed by atoms with van der Waals surface area (Å²) in [6.07, 6.45) is 0. The summed E-state index contributed by atoms with van der Waals surface area (Å²) in [4.78, 5) is 23.3. The maximum Gasteiger partial charge on any atom is 0.255 e. The molecule has 6 heteroatoms. The van der Waals surface area contributed by atoms with Crippen LogP contribution in [0.4, 0.5) is 0 Å². The summed E-state index contributed by atoms with van der Waals surface area (Å²) in [6, 6.07) is 4.14. The highest BCUT2D eigenvalue weighted by Crippen LogP contribution is 2.21. The molecule has 0 spiro atoms. The number of hydrogen-bond acceptors (Lipinski definition) is 3. The monoisotopic (exact) mass is 284 g/mol. The van der Waals surface area contributed by atoms with Gasteiger partial charge in [-0.05, 0) is 39.0 Å². The topological polar surface area (TPSA) is 78.4 Å². The maximum atomic E-state index is 11.8. The molecule has 0 aliphatic heterocycles. The van der Waals surface area contributed by atoms with Gasteiger partial charge in [0.1, 0.15) is 5.75 Å². The Morgan fingerprint density at radius 2 is 1.95 bits per heavy atom. The third-order valence-corrected chi connectivity index (χ3v) is 2.36. The van der Waals surface area contributed by atoms with Crippen LogP contribution in [0.5, 0.6) is 5.75 Å². The minimum absolute atomic E-state index is 0.0380. The molecule has 0 aliphatic carbocycles. The van der Waals surface area contributed by atoms with Crippen molar-refractivity contribution in [1.29, 1.82) is 0 Å². The molecule has 0 fully saturated rings. The van der Waals surface area contributed by atoms with Gasteiger partial charge in [-0.3, -0.25) is 9.59 Å². The minimum Gasteiger partial charge on any atom is -0.507 e. The fourth-order valence-corrected chi connectivity index (χ4v) is 1.58. The van der Waals surface area contributed by atoms with Crippen molar-refractivity contribution in [3.05, 3.63) is 28.8 Å². The number of nitrogens with one attached hydrogen (secondary N) is 2. The molecule has 19 heavy (non-hydrogen) atoms. The average molecular weight is 285 g/mol. The minimum atomic E-state index is -0.552. The highest BCUT2D eigenvalue weighted by molar-refractivity contribution is 6.31. The molecule has 0 atom stereocenters. The molecule has 0 saturated heterocycles. The van der Waals surface area contributed by atoms with Gasteiger partial charge in [-0.2, -0.15) is 0 Å². The van der Waals surface area contributed by atoms with Crippen LogP contribution in [0.3, 0.4) is 0 Å². The van der Waals surface area contributed by atoms with Crippen molar-refractivity contribution in [3.63, 3.8) is 0 Å². The lowest BCUT2D eigenvalue weighted by Gasteiger charge is -2.20. The van der Waals surface area contributed by atoms with Crippen molar-refractivity contribution in [1.82, 2.24) is 10.6 Å². The van der Waals surface area contributed by atoms with Crippen LogP contribution in [0.1, 0.15) is 31.1 Å². The molecule has 0 unspecified atom stereocenters. The van der Waals surface area contributed by atoms with Crippen molar-refractivity contribution in [3.8, 4) is 5.75 Å². The molecule has 1 aromatic carbocycles. The van der Waals surface area contributed by atoms with Crippen molar-refractivity contribution in [2.75, 3.05) is 6.54 Å². The number of carbonyl (C=O) groups is 2. The van der Waals surface area contributed by atoms with Gasteiger partial charge in [0.15, 0.2) is 0 Å². The van der Waals surface area contributed by atoms with E-state index in [-0.39, 0.29) is 29.3 Å². The highest BCUT2D eigenvalue weighted by atomic mass is 35.5. The normalized spacial score (nSPS) is 10.9. The zero-order chi connectivity index (χ0) is 14.6. The van der Waals surface area contributed by atoms with Gasteiger partial charge in [-0.25, -0.2) is 0 Å². The Morgan fingerprint density at radius 3 is 2.53 bits per heavy atom. The number of hydrogen-bond donors (Lipinski definition) is 3. The summed E-state index contributed by atoms with van der Waals surface area (Å²) in [7, 11) is 0. The summed E-state index contributed by atoms with van der Waals surface area (Å²) >= 11 is 5.74. The van der Waals surface area contributed by atoms with Crippen LogP contribution in [0.15, 0.2) is 18.2 Å². The lowest BCUT2D eigenvalue weighted by molar-refractivity contribution is -0.121. The smallest absolute Gasteiger partial charge is 0.255 e. The average Bonchev–Trinajstić information content (AvgIpc) is 2.27. The Labute approximate surface area is 117 Å². The number of benzene rings is 1. The zero-order valence-corrected chi connectivity index (χ0v) is 11.8. The van der Waals surface area contributed by atoms with Crippen molar-refractivity contribution >= 4 is 23.4 Å². The Balaban J connectivity index is 2.61. The predicted molar refractivity (Wildman–Crippen MR) is 73.3 cm³/mol. The molecular formula is C13H17ClN2O3. The maximum absolute atomic E-state index is 11.8. The van der Waals surface area contributed by atoms with Gasteiger partial charge >= 0.3 is 0 Å². The number of phenolic OH excluding ortho intramolecular Hbond substituents is 1. The first-order chi connectivity index (χ1) is 8.69. The number of aromatic hydroxyl groups is 1. The van der Waals surface area contributed by atoms with E-state index in [1.165, 1.54) is 18.2 Å². The van der Waals surface area contributed by atoms with E-state index in [9.17, 15) is 14.7 Å². The van der Waals surface area contributed by atoms with Crippen LogP contribution in [0.2, 0.25) is 5.02 Å². The van der Waals surface area contributed by atoms with E-state index in [4.69, 9.17) is 11.6 Å². The lowest BCUT2D eigenvalue weighted by atomic mass is 10.1. The molecule has 3 N–H and O–H groups in total. The third kappa shape index (κ3) is 5.18. The molecule has 0 radical (unpaired) electrons. The molecule has 0 saturated carbocycles. The van der Waals surface area contributed by atoms with Crippen molar-refractivity contribution < 1.29 is 14.7 Å². The standard InChI is InChI=1S/C13H17ClN2O3/c1-13(2,3)16-11(18)7-15-12(19)9-6-8(14)4-5-10(9)17/h4-6,17H,7H2,1-3H3,(H,15,19)(H,16,18). The number of amides is 2. The van der Waals surface area contributed by atoms with Gasteiger partial charge in [-0.15, -0.1) is 0 Å². The molecule has 0 aliphatic rings. The zero-order valence-electron chi connectivity index (χ0n) is 11.1. The summed E-state index contributed by atoms with van der Waals surface area (Å²) in [5.41, 5.74) is -0.323. The van der Waals surface area contributed by atoms with Crippen LogP contribution in [-0.2, 0) is 4.79 Å². The quantitative estimate of drug-likeness (QED) is 0.790. The van der Waals surface area contributed by atoms with Crippen LogP contribution in [-0.4, -0.2) is 29.0 Å². The Kier molecular flexibility index (Phi) is 4.78. The largest absolute Gasteiger partial charge is 0.507 e. The molecule has 104 valence electrons. The van der Waals surface area contributed by atoms with E-state index < -0.39 is 5.91 Å². The lowest BCUT2D eigenvalue weighted by Crippen LogP contribution is -2.45. The molecule has 1 rings (SSSR count). The molecule has 2 amide bonds. The number of rotatable bonds is 3. The SMILES string of the molecule is CC(C)(C)NC(=O)CNC(=O)c1cc(Cl)ccc1O. The molecule has 1 aromatic rings. The van der Waals surface area contributed by atoms with Crippen molar-refractivity contribution in [2.24, 2.45) is 0 Å². The predicted octanol–water partition coefficient (Wildman–Crippen LogP) is 1.69. The van der Waals surface area contributed by atoms with E-state index in [2.05, 4.69) is 10.6 Å². The van der Waals surface area contributed by atoms with E-state index in [0.717, 1.165) is 0 Å². The van der Waals surface area contributed by atoms with Gasteiger partial charge < -0.3 is 15.7 Å². The molecule has 0 aromatic heterocycles. The van der Waals surface area contributed by atoms with E-state index >= 15 is 0 Å². The van der Waals surface area contributed by atoms with Crippen LogP contribution < -0.4 is 10.6 Å². The van der Waals surface area contributed by atoms with Crippen molar-refractivity contribution in [2.45, 2.75) is 26.3 Å². The highest BCUT2D eigenvalue weighted by Gasteiger charge is 2.16. The van der Waals surface area contributed by atoms with Crippen LogP contribution in [0, 0.1) is 0 Å². The second kappa shape index (κ2) is 5.93. The summed E-state index contributed by atoms with van der Waals surface area (Å²) < 4.78 is 0. The Hall–Kier alpha value is -1.75. The fourth-order valence-electron chi connectivity index (χ4n) is 1.41. The second-order valence-electron chi connectivity index (χ2n) is 5.14. The second-order valence-corrected chi connectivity index (χ2v) is 5.58.